The van der Waals surface area contributed by atoms with Crippen LogP contribution in [0, 0.1) is 0 Å². The summed E-state index contributed by atoms with van der Waals surface area (Å²) in [5.41, 5.74) is 12.8. The molecule has 3 nitrogen and oxygen atoms in total. The smallest absolute Gasteiger partial charge is 0.248 e. The molecule has 0 spiro atoms. The number of rotatable bonds is 3. The third-order valence-corrected chi connectivity index (χ3v) is 1.98. The van der Waals surface area contributed by atoms with E-state index in [1.807, 2.05) is 0 Å². The Bertz CT molecular complexity index is 325. The number of nitrogens with two attached hydrogens (primary N) is 2. The monoisotopic (exact) mass is 198 g/mol. The molecule has 0 aliphatic heterocycles. The Labute approximate surface area is 81.7 Å². The molecule has 4 heteroatoms. The molecule has 70 valence electrons. The fourth-order valence-corrected chi connectivity index (χ4v) is 1.28. The second-order valence-corrected chi connectivity index (χ2v) is 3.09. The first-order valence-electron chi connectivity index (χ1n) is 3.89. The van der Waals surface area contributed by atoms with E-state index in [1.165, 1.54) is 0 Å². The molecule has 0 heterocycles. The summed E-state index contributed by atoms with van der Waals surface area (Å²) in [5.74, 6) is 0.0303. The largest absolute Gasteiger partial charge is 0.399 e. The summed E-state index contributed by atoms with van der Waals surface area (Å²) in [6.07, 6.45) is 0.647. The van der Waals surface area contributed by atoms with Crippen LogP contribution >= 0.6 is 11.6 Å². The van der Waals surface area contributed by atoms with Crippen LogP contribution in [0.25, 0.3) is 0 Å². The van der Waals surface area contributed by atoms with Crippen LogP contribution in [-0.2, 0) is 6.42 Å². The highest BCUT2D eigenvalue weighted by molar-refractivity contribution is 6.18. The zero-order valence-corrected chi connectivity index (χ0v) is 7.84. The van der Waals surface area contributed by atoms with Crippen LogP contribution in [0.4, 0.5) is 5.69 Å². The van der Waals surface area contributed by atoms with E-state index in [2.05, 4.69) is 0 Å². The number of hydrogen-bond donors (Lipinski definition) is 2. The van der Waals surface area contributed by atoms with E-state index in [-0.39, 0.29) is 0 Å². The molecule has 0 fully saturated rings. The molecule has 0 aromatic heterocycles. The first-order chi connectivity index (χ1) is 6.15. The van der Waals surface area contributed by atoms with Gasteiger partial charge in [0, 0.05) is 17.1 Å². The van der Waals surface area contributed by atoms with Gasteiger partial charge in [-0.05, 0) is 30.2 Å². The number of halogens is 1. The first-order valence-corrected chi connectivity index (χ1v) is 4.42. The fraction of sp³-hybridized carbons (Fsp3) is 0.222. The molecule has 0 atom stereocenters. The molecule has 0 aliphatic rings. The molecule has 1 rings (SSSR count). The third kappa shape index (κ3) is 2.36. The molecule has 4 N–H and O–H groups in total. The number of carbonyl (C=O) groups is 1. The second kappa shape index (κ2) is 4.14. The van der Waals surface area contributed by atoms with Crippen LogP contribution in [0.5, 0.6) is 0 Å². The predicted octanol–water partition coefficient (Wildman–Crippen LogP) is 1.15. The van der Waals surface area contributed by atoms with Gasteiger partial charge in [-0.25, -0.2) is 0 Å². The normalized spacial score (nSPS) is 9.92. The van der Waals surface area contributed by atoms with Crippen molar-refractivity contribution in [3.8, 4) is 0 Å². The molecule has 0 bridgehead atoms. The van der Waals surface area contributed by atoms with Gasteiger partial charge in [-0.15, -0.1) is 11.6 Å². The van der Waals surface area contributed by atoms with Crippen LogP contribution < -0.4 is 11.5 Å². The number of benzene rings is 1. The number of amides is 1. The Kier molecular flexibility index (Phi) is 3.14. The van der Waals surface area contributed by atoms with Gasteiger partial charge in [0.25, 0.3) is 0 Å². The second-order valence-electron chi connectivity index (χ2n) is 2.72. The Morgan fingerprint density at radius 2 is 2.15 bits per heavy atom. The van der Waals surface area contributed by atoms with Crippen LogP contribution in [0.1, 0.15) is 15.9 Å². The summed E-state index contributed by atoms with van der Waals surface area (Å²) in [6.45, 7) is 0. The van der Waals surface area contributed by atoms with Gasteiger partial charge in [-0.1, -0.05) is 0 Å². The summed E-state index contributed by atoms with van der Waals surface area (Å²) < 4.78 is 0. The van der Waals surface area contributed by atoms with Gasteiger partial charge >= 0.3 is 0 Å². The molecular formula is C9H11ClN2O. The lowest BCUT2D eigenvalue weighted by molar-refractivity contribution is 0.100. The van der Waals surface area contributed by atoms with E-state index in [4.69, 9.17) is 23.1 Å². The van der Waals surface area contributed by atoms with Gasteiger partial charge in [0.05, 0.1) is 0 Å². The van der Waals surface area contributed by atoms with E-state index in [0.29, 0.717) is 23.6 Å². The van der Waals surface area contributed by atoms with Gasteiger partial charge in [-0.3, -0.25) is 4.79 Å². The molecule has 0 radical (unpaired) electrons. The highest BCUT2D eigenvalue weighted by Crippen LogP contribution is 2.14. The maximum Gasteiger partial charge on any atom is 0.248 e. The average Bonchev–Trinajstić information content (AvgIpc) is 2.08. The van der Waals surface area contributed by atoms with Crippen molar-refractivity contribution in [2.75, 3.05) is 11.6 Å². The van der Waals surface area contributed by atoms with Gasteiger partial charge in [0.15, 0.2) is 0 Å². The zero-order chi connectivity index (χ0) is 9.84. The average molecular weight is 199 g/mol. The van der Waals surface area contributed by atoms with E-state index in [9.17, 15) is 4.79 Å². The lowest BCUT2D eigenvalue weighted by Gasteiger charge is -2.04. The van der Waals surface area contributed by atoms with Crippen molar-refractivity contribution >= 4 is 23.2 Å². The lowest BCUT2D eigenvalue weighted by Crippen LogP contribution is -2.11. The van der Waals surface area contributed by atoms with Crippen molar-refractivity contribution in [2.24, 2.45) is 5.73 Å². The van der Waals surface area contributed by atoms with Crippen LogP contribution in [0.3, 0.4) is 0 Å². The number of nitrogen functional groups attached to an aromatic ring is 1. The van der Waals surface area contributed by atoms with Crippen LogP contribution in [0.2, 0.25) is 0 Å². The first kappa shape index (κ1) is 9.86. The van der Waals surface area contributed by atoms with E-state index >= 15 is 0 Å². The Balaban J connectivity index is 3.03. The molecule has 0 saturated carbocycles. The number of primary amides is 1. The maximum absolute atomic E-state index is 10.8. The van der Waals surface area contributed by atoms with Gasteiger partial charge in [0.1, 0.15) is 0 Å². The number of alkyl halides is 1. The Hall–Kier alpha value is -1.22. The summed E-state index contributed by atoms with van der Waals surface area (Å²) in [5, 5.41) is 0. The molecule has 1 aromatic rings. The molecular weight excluding hydrogens is 188 g/mol. The lowest BCUT2D eigenvalue weighted by atomic mass is 10.1. The number of anilines is 1. The van der Waals surface area contributed by atoms with Crippen molar-refractivity contribution in [3.63, 3.8) is 0 Å². The summed E-state index contributed by atoms with van der Waals surface area (Å²) in [7, 11) is 0. The van der Waals surface area contributed by atoms with Gasteiger partial charge < -0.3 is 11.5 Å². The minimum atomic E-state index is -0.448. The quantitative estimate of drug-likeness (QED) is 0.565. The standard InChI is InChI=1S/C9H11ClN2O/c10-4-3-6-5-7(9(12)13)1-2-8(6)11/h1-2,5H,3-4,11H2,(H2,12,13). The summed E-state index contributed by atoms with van der Waals surface area (Å²) in [4.78, 5) is 10.8. The number of carbonyl (C=O) groups excluding carboxylic acids is 1. The summed E-state index contributed by atoms with van der Waals surface area (Å²) >= 11 is 5.57. The highest BCUT2D eigenvalue weighted by atomic mass is 35.5. The molecule has 13 heavy (non-hydrogen) atoms. The van der Waals surface area contributed by atoms with E-state index in [1.54, 1.807) is 18.2 Å². The van der Waals surface area contributed by atoms with Crippen molar-refractivity contribution in [2.45, 2.75) is 6.42 Å². The topological polar surface area (TPSA) is 69.1 Å². The summed E-state index contributed by atoms with van der Waals surface area (Å²) in [6, 6.07) is 4.96. The Morgan fingerprint density at radius 1 is 1.46 bits per heavy atom. The molecule has 0 aliphatic carbocycles. The number of aryl methyl sites for hydroxylation is 1. The number of hydrogen-bond acceptors (Lipinski definition) is 2. The SMILES string of the molecule is NC(=O)c1ccc(N)c(CCCl)c1. The minimum Gasteiger partial charge on any atom is -0.399 e. The molecule has 1 aromatic carbocycles. The highest BCUT2D eigenvalue weighted by Gasteiger charge is 2.04. The predicted molar refractivity (Wildman–Crippen MR) is 53.8 cm³/mol. The maximum atomic E-state index is 10.8. The third-order valence-electron chi connectivity index (χ3n) is 1.79. The van der Waals surface area contributed by atoms with Gasteiger partial charge in [0.2, 0.25) is 5.91 Å². The van der Waals surface area contributed by atoms with Gasteiger partial charge in [-0.2, -0.15) is 0 Å². The van der Waals surface area contributed by atoms with E-state index < -0.39 is 5.91 Å². The van der Waals surface area contributed by atoms with Crippen molar-refractivity contribution in [1.82, 2.24) is 0 Å². The molecule has 1 amide bonds. The Morgan fingerprint density at radius 3 is 2.69 bits per heavy atom. The molecule has 0 saturated heterocycles. The van der Waals surface area contributed by atoms with Crippen LogP contribution in [0.15, 0.2) is 18.2 Å². The van der Waals surface area contributed by atoms with E-state index in [0.717, 1.165) is 5.56 Å². The minimum absolute atomic E-state index is 0.448. The van der Waals surface area contributed by atoms with Crippen molar-refractivity contribution in [1.29, 1.82) is 0 Å². The van der Waals surface area contributed by atoms with Crippen molar-refractivity contribution in [3.05, 3.63) is 29.3 Å². The zero-order valence-electron chi connectivity index (χ0n) is 7.09. The van der Waals surface area contributed by atoms with Crippen LogP contribution in [-0.4, -0.2) is 11.8 Å². The fourth-order valence-electron chi connectivity index (χ4n) is 1.08. The molecule has 0 unspecified atom stereocenters. The van der Waals surface area contributed by atoms with Crippen molar-refractivity contribution < 1.29 is 4.79 Å².